The van der Waals surface area contributed by atoms with Crippen LogP contribution in [0.5, 0.6) is 5.75 Å². The van der Waals surface area contributed by atoms with Gasteiger partial charge in [0.25, 0.3) is 0 Å². The molecule has 1 aliphatic rings. The van der Waals surface area contributed by atoms with Crippen LogP contribution in [0.3, 0.4) is 0 Å². The van der Waals surface area contributed by atoms with Gasteiger partial charge in [-0.15, -0.1) is 0 Å². The van der Waals surface area contributed by atoms with Crippen LogP contribution in [-0.4, -0.2) is 20.3 Å². The number of nitrogens with two attached hydrogens (primary N) is 1. The van der Waals surface area contributed by atoms with Crippen molar-refractivity contribution in [1.82, 2.24) is 0 Å². The van der Waals surface area contributed by atoms with Gasteiger partial charge in [0.2, 0.25) is 0 Å². The Hall–Kier alpha value is -1.22. The minimum absolute atomic E-state index is 0.522. The van der Waals surface area contributed by atoms with Crippen molar-refractivity contribution in [1.29, 1.82) is 0 Å². The lowest BCUT2D eigenvalue weighted by Crippen LogP contribution is -2.15. The molecular formula is C12H17NO2. The van der Waals surface area contributed by atoms with E-state index in [4.69, 9.17) is 15.2 Å². The Morgan fingerprint density at radius 3 is 2.73 bits per heavy atom. The molecule has 1 aromatic rings. The number of methoxy groups -OCH3 is 1. The average Bonchev–Trinajstić information content (AvgIpc) is 2.31. The summed E-state index contributed by atoms with van der Waals surface area (Å²) in [6.07, 6.45) is 2.11. The molecule has 0 bridgehead atoms. The molecule has 2 rings (SSSR count). The molecule has 3 heteroatoms. The Balaban J connectivity index is 2.24. The molecule has 0 atom stereocenters. The lowest BCUT2D eigenvalue weighted by molar-refractivity contribution is 0.0854. The second-order valence-corrected chi connectivity index (χ2v) is 3.88. The highest BCUT2D eigenvalue weighted by molar-refractivity contribution is 5.52. The molecule has 0 spiro atoms. The second kappa shape index (κ2) is 4.53. The topological polar surface area (TPSA) is 44.5 Å². The van der Waals surface area contributed by atoms with Gasteiger partial charge in [0.1, 0.15) is 5.75 Å². The molecule has 0 aromatic heterocycles. The fourth-order valence-electron chi connectivity index (χ4n) is 2.04. The van der Waals surface area contributed by atoms with Crippen molar-refractivity contribution < 1.29 is 9.47 Å². The van der Waals surface area contributed by atoms with Gasteiger partial charge < -0.3 is 15.2 Å². The van der Waals surface area contributed by atoms with E-state index in [-0.39, 0.29) is 0 Å². The van der Waals surface area contributed by atoms with Gasteiger partial charge in [-0.3, -0.25) is 0 Å². The number of benzene rings is 1. The number of rotatable bonds is 2. The molecule has 0 aliphatic carbocycles. The van der Waals surface area contributed by atoms with E-state index in [1.165, 1.54) is 5.56 Å². The largest absolute Gasteiger partial charge is 0.497 e. The quantitative estimate of drug-likeness (QED) is 0.756. The standard InChI is InChI=1S/C12H17NO2/c1-14-10-2-3-12(13)11(8-10)9-4-6-15-7-5-9/h2-3,8-9H,4-7,13H2,1H3. The summed E-state index contributed by atoms with van der Waals surface area (Å²) in [6.45, 7) is 1.67. The third-order valence-electron chi connectivity index (χ3n) is 2.96. The van der Waals surface area contributed by atoms with Gasteiger partial charge in [0.15, 0.2) is 0 Å². The molecular weight excluding hydrogens is 190 g/mol. The van der Waals surface area contributed by atoms with Gasteiger partial charge in [0.05, 0.1) is 7.11 Å². The van der Waals surface area contributed by atoms with Crippen molar-refractivity contribution in [3.63, 3.8) is 0 Å². The number of anilines is 1. The van der Waals surface area contributed by atoms with Crippen LogP contribution >= 0.6 is 0 Å². The van der Waals surface area contributed by atoms with Gasteiger partial charge in [-0.05, 0) is 42.5 Å². The van der Waals surface area contributed by atoms with E-state index in [9.17, 15) is 0 Å². The molecule has 15 heavy (non-hydrogen) atoms. The highest BCUT2D eigenvalue weighted by Gasteiger charge is 2.18. The first kappa shape index (κ1) is 10.3. The predicted octanol–water partition coefficient (Wildman–Crippen LogP) is 2.17. The second-order valence-electron chi connectivity index (χ2n) is 3.88. The Labute approximate surface area is 90.2 Å². The van der Waals surface area contributed by atoms with Crippen LogP contribution in [0.15, 0.2) is 18.2 Å². The molecule has 82 valence electrons. The first-order chi connectivity index (χ1) is 7.31. The SMILES string of the molecule is COc1ccc(N)c(C2CCOCC2)c1. The van der Waals surface area contributed by atoms with Crippen molar-refractivity contribution in [2.45, 2.75) is 18.8 Å². The van der Waals surface area contributed by atoms with Crippen LogP contribution in [-0.2, 0) is 4.74 Å². The van der Waals surface area contributed by atoms with Gasteiger partial charge in [-0.1, -0.05) is 0 Å². The van der Waals surface area contributed by atoms with Gasteiger partial charge in [0, 0.05) is 18.9 Å². The van der Waals surface area contributed by atoms with Crippen LogP contribution < -0.4 is 10.5 Å². The summed E-state index contributed by atoms with van der Waals surface area (Å²) >= 11 is 0. The Morgan fingerprint density at radius 1 is 1.33 bits per heavy atom. The Kier molecular flexibility index (Phi) is 3.11. The molecule has 0 amide bonds. The van der Waals surface area contributed by atoms with Crippen LogP contribution in [0.4, 0.5) is 5.69 Å². The van der Waals surface area contributed by atoms with Gasteiger partial charge in [-0.25, -0.2) is 0 Å². The zero-order valence-corrected chi connectivity index (χ0v) is 9.03. The molecule has 0 radical (unpaired) electrons. The van der Waals surface area contributed by atoms with E-state index in [1.807, 2.05) is 18.2 Å². The minimum atomic E-state index is 0.522. The Morgan fingerprint density at radius 2 is 2.07 bits per heavy atom. The van der Waals surface area contributed by atoms with Crippen molar-refractivity contribution in [2.75, 3.05) is 26.1 Å². The predicted molar refractivity (Wildman–Crippen MR) is 60.2 cm³/mol. The number of ether oxygens (including phenoxy) is 2. The van der Waals surface area contributed by atoms with E-state index in [0.29, 0.717) is 5.92 Å². The third-order valence-corrected chi connectivity index (χ3v) is 2.96. The molecule has 1 heterocycles. The van der Waals surface area contributed by atoms with E-state index in [0.717, 1.165) is 37.5 Å². The fourth-order valence-corrected chi connectivity index (χ4v) is 2.04. The molecule has 1 aromatic carbocycles. The first-order valence-electron chi connectivity index (χ1n) is 5.32. The van der Waals surface area contributed by atoms with Crippen molar-refractivity contribution in [2.24, 2.45) is 0 Å². The first-order valence-corrected chi connectivity index (χ1v) is 5.32. The summed E-state index contributed by atoms with van der Waals surface area (Å²) in [6, 6.07) is 5.87. The molecule has 0 unspecified atom stereocenters. The minimum Gasteiger partial charge on any atom is -0.497 e. The molecule has 2 N–H and O–H groups in total. The van der Waals surface area contributed by atoms with Gasteiger partial charge >= 0.3 is 0 Å². The summed E-state index contributed by atoms with van der Waals surface area (Å²) in [7, 11) is 1.68. The van der Waals surface area contributed by atoms with E-state index in [1.54, 1.807) is 7.11 Å². The number of hydrogen-bond donors (Lipinski definition) is 1. The van der Waals surface area contributed by atoms with Crippen molar-refractivity contribution in [3.05, 3.63) is 23.8 Å². The molecule has 1 saturated heterocycles. The summed E-state index contributed by atoms with van der Waals surface area (Å²) < 4.78 is 10.6. The highest BCUT2D eigenvalue weighted by atomic mass is 16.5. The zero-order chi connectivity index (χ0) is 10.7. The lowest BCUT2D eigenvalue weighted by Gasteiger charge is -2.23. The fraction of sp³-hybridized carbons (Fsp3) is 0.500. The van der Waals surface area contributed by atoms with E-state index in [2.05, 4.69) is 0 Å². The van der Waals surface area contributed by atoms with Crippen LogP contribution in [0.1, 0.15) is 24.3 Å². The smallest absolute Gasteiger partial charge is 0.119 e. The van der Waals surface area contributed by atoms with Crippen molar-refractivity contribution >= 4 is 5.69 Å². The maximum atomic E-state index is 5.98. The molecule has 0 saturated carbocycles. The van der Waals surface area contributed by atoms with Crippen LogP contribution in [0, 0.1) is 0 Å². The average molecular weight is 207 g/mol. The number of hydrogen-bond acceptors (Lipinski definition) is 3. The van der Waals surface area contributed by atoms with Crippen LogP contribution in [0.2, 0.25) is 0 Å². The zero-order valence-electron chi connectivity index (χ0n) is 9.03. The molecule has 1 fully saturated rings. The summed E-state index contributed by atoms with van der Waals surface area (Å²) in [5.74, 6) is 1.40. The maximum absolute atomic E-state index is 5.98. The summed E-state index contributed by atoms with van der Waals surface area (Å²) in [4.78, 5) is 0. The maximum Gasteiger partial charge on any atom is 0.119 e. The Bertz CT molecular complexity index is 332. The molecule has 3 nitrogen and oxygen atoms in total. The lowest BCUT2D eigenvalue weighted by atomic mass is 9.90. The number of nitrogen functional groups attached to an aromatic ring is 1. The van der Waals surface area contributed by atoms with Crippen LogP contribution in [0.25, 0.3) is 0 Å². The monoisotopic (exact) mass is 207 g/mol. The summed E-state index contributed by atoms with van der Waals surface area (Å²) in [5, 5.41) is 0. The van der Waals surface area contributed by atoms with Crippen molar-refractivity contribution in [3.8, 4) is 5.75 Å². The van der Waals surface area contributed by atoms with E-state index < -0.39 is 0 Å². The third kappa shape index (κ3) is 2.23. The molecule has 1 aliphatic heterocycles. The summed E-state index contributed by atoms with van der Waals surface area (Å²) in [5.41, 5.74) is 8.05. The van der Waals surface area contributed by atoms with E-state index >= 15 is 0 Å². The normalized spacial score (nSPS) is 17.7. The highest BCUT2D eigenvalue weighted by Crippen LogP contribution is 2.33. The van der Waals surface area contributed by atoms with Gasteiger partial charge in [-0.2, -0.15) is 0 Å².